The molecule has 6 nitrogen and oxygen atoms in total. The highest BCUT2D eigenvalue weighted by Gasteiger charge is 2.43. The molecular formula is C20H30N4O2. The van der Waals surface area contributed by atoms with Gasteiger partial charge in [0, 0.05) is 55.5 Å². The summed E-state index contributed by atoms with van der Waals surface area (Å²) < 4.78 is 5.04. The van der Waals surface area contributed by atoms with Crippen LogP contribution in [0.2, 0.25) is 0 Å². The molecule has 1 amide bonds. The molecule has 0 radical (unpaired) electrons. The van der Waals surface area contributed by atoms with Crippen molar-refractivity contribution in [3.63, 3.8) is 0 Å². The zero-order valence-electron chi connectivity index (χ0n) is 15.8. The predicted octanol–water partition coefficient (Wildman–Crippen LogP) is 2.49. The van der Waals surface area contributed by atoms with Gasteiger partial charge >= 0.3 is 6.01 Å². The summed E-state index contributed by atoms with van der Waals surface area (Å²) in [4.78, 5) is 25.9. The summed E-state index contributed by atoms with van der Waals surface area (Å²) in [6, 6.07) is 0.417. The number of ether oxygens (including phenoxy) is 1. The highest BCUT2D eigenvalue weighted by atomic mass is 16.5. The molecule has 0 N–H and O–H groups in total. The van der Waals surface area contributed by atoms with Gasteiger partial charge in [-0.1, -0.05) is 12.8 Å². The molecule has 3 fully saturated rings. The molecule has 1 aromatic heterocycles. The van der Waals surface area contributed by atoms with Gasteiger partial charge in [-0.3, -0.25) is 9.69 Å². The van der Waals surface area contributed by atoms with Gasteiger partial charge in [-0.05, 0) is 38.6 Å². The smallest absolute Gasteiger partial charge is 0.316 e. The Labute approximate surface area is 155 Å². The summed E-state index contributed by atoms with van der Waals surface area (Å²) in [6.07, 6.45) is 12.0. The maximum atomic E-state index is 12.8. The second-order valence-corrected chi connectivity index (χ2v) is 8.38. The molecule has 2 saturated heterocycles. The molecule has 6 heteroatoms. The van der Waals surface area contributed by atoms with E-state index in [4.69, 9.17) is 4.74 Å². The van der Waals surface area contributed by atoms with Gasteiger partial charge in [-0.2, -0.15) is 0 Å². The van der Waals surface area contributed by atoms with Gasteiger partial charge in [0.2, 0.25) is 5.91 Å². The van der Waals surface area contributed by atoms with Gasteiger partial charge in [0.25, 0.3) is 0 Å². The molecule has 142 valence electrons. The van der Waals surface area contributed by atoms with Crippen LogP contribution in [-0.2, 0) is 11.3 Å². The number of carbonyl (C=O) groups excluding carboxylic acids is 1. The Bertz CT molecular complexity index is 629. The highest BCUT2D eigenvalue weighted by molar-refractivity contribution is 5.79. The fraction of sp³-hybridized carbons (Fsp3) is 0.750. The third-order valence-electron chi connectivity index (χ3n) is 6.47. The maximum absolute atomic E-state index is 12.8. The lowest BCUT2D eigenvalue weighted by Gasteiger charge is -2.40. The van der Waals surface area contributed by atoms with Crippen LogP contribution in [0.25, 0.3) is 0 Å². The first-order chi connectivity index (χ1) is 12.7. The number of amides is 1. The summed E-state index contributed by atoms with van der Waals surface area (Å²) in [6.45, 7) is 4.98. The molecule has 1 spiro atoms. The Balaban J connectivity index is 1.36. The third-order valence-corrected chi connectivity index (χ3v) is 6.47. The van der Waals surface area contributed by atoms with E-state index in [9.17, 15) is 4.79 Å². The average Bonchev–Trinajstić information content (AvgIpc) is 3.33. The van der Waals surface area contributed by atoms with Crippen LogP contribution in [0.3, 0.4) is 0 Å². The molecule has 1 aromatic rings. The SMILES string of the molecule is COc1ncc(CN2CCC[C@]3(CCN(C(=O)C4CCCC4)C3)C2)cn1. The van der Waals surface area contributed by atoms with Crippen molar-refractivity contribution < 1.29 is 9.53 Å². The lowest BCUT2D eigenvalue weighted by atomic mass is 9.79. The van der Waals surface area contributed by atoms with Crippen LogP contribution in [0.15, 0.2) is 12.4 Å². The van der Waals surface area contributed by atoms with Gasteiger partial charge < -0.3 is 9.64 Å². The zero-order chi connectivity index (χ0) is 18.0. The van der Waals surface area contributed by atoms with Crippen molar-refractivity contribution in [2.75, 3.05) is 33.3 Å². The van der Waals surface area contributed by atoms with E-state index in [2.05, 4.69) is 19.8 Å². The van der Waals surface area contributed by atoms with Gasteiger partial charge in [0.15, 0.2) is 0 Å². The molecule has 1 atom stereocenters. The Hall–Kier alpha value is -1.69. The number of nitrogens with zero attached hydrogens (tertiary/aromatic N) is 4. The second kappa shape index (κ2) is 7.51. The highest BCUT2D eigenvalue weighted by Crippen LogP contribution is 2.40. The summed E-state index contributed by atoms with van der Waals surface area (Å²) >= 11 is 0. The Morgan fingerprint density at radius 2 is 1.92 bits per heavy atom. The van der Waals surface area contributed by atoms with Crippen molar-refractivity contribution in [3.05, 3.63) is 18.0 Å². The van der Waals surface area contributed by atoms with E-state index < -0.39 is 0 Å². The fourth-order valence-electron chi connectivity index (χ4n) is 5.12. The summed E-state index contributed by atoms with van der Waals surface area (Å²) in [5, 5.41) is 0. The number of hydrogen-bond donors (Lipinski definition) is 0. The van der Waals surface area contributed by atoms with Crippen LogP contribution in [0, 0.1) is 11.3 Å². The summed E-state index contributed by atoms with van der Waals surface area (Å²) in [5.74, 6) is 0.737. The fourth-order valence-corrected chi connectivity index (χ4v) is 5.12. The molecule has 1 aliphatic carbocycles. The molecule has 1 saturated carbocycles. The minimum absolute atomic E-state index is 0.292. The zero-order valence-corrected chi connectivity index (χ0v) is 15.8. The van der Waals surface area contributed by atoms with E-state index in [0.29, 0.717) is 23.3 Å². The van der Waals surface area contributed by atoms with E-state index in [-0.39, 0.29) is 0 Å². The number of likely N-dealkylation sites (tertiary alicyclic amines) is 2. The Morgan fingerprint density at radius 1 is 1.15 bits per heavy atom. The van der Waals surface area contributed by atoms with Gasteiger partial charge in [-0.25, -0.2) is 9.97 Å². The van der Waals surface area contributed by atoms with Crippen molar-refractivity contribution in [1.82, 2.24) is 19.8 Å². The van der Waals surface area contributed by atoms with E-state index in [0.717, 1.165) is 57.5 Å². The third kappa shape index (κ3) is 3.70. The minimum Gasteiger partial charge on any atom is -0.467 e. The van der Waals surface area contributed by atoms with Crippen molar-refractivity contribution in [3.8, 4) is 6.01 Å². The Morgan fingerprint density at radius 3 is 2.65 bits per heavy atom. The average molecular weight is 358 g/mol. The Kier molecular flexibility index (Phi) is 5.11. The molecule has 3 heterocycles. The van der Waals surface area contributed by atoms with Gasteiger partial charge in [0.05, 0.1) is 7.11 Å². The number of carbonyl (C=O) groups is 1. The number of aromatic nitrogens is 2. The molecule has 26 heavy (non-hydrogen) atoms. The van der Waals surface area contributed by atoms with E-state index >= 15 is 0 Å². The first kappa shape index (κ1) is 17.7. The lowest BCUT2D eigenvalue weighted by molar-refractivity contribution is -0.134. The van der Waals surface area contributed by atoms with Gasteiger partial charge in [0.1, 0.15) is 0 Å². The topological polar surface area (TPSA) is 58.6 Å². The van der Waals surface area contributed by atoms with Crippen LogP contribution in [0.5, 0.6) is 6.01 Å². The van der Waals surface area contributed by atoms with Crippen molar-refractivity contribution >= 4 is 5.91 Å². The van der Waals surface area contributed by atoms with Gasteiger partial charge in [-0.15, -0.1) is 0 Å². The standard InChI is InChI=1S/C20H30N4O2/c1-26-19-21-11-16(12-22-19)13-23-9-4-7-20(14-23)8-10-24(15-20)18(25)17-5-2-3-6-17/h11-12,17H,2-10,13-15H2,1H3/t20-/m0/s1. The second-order valence-electron chi connectivity index (χ2n) is 8.38. The summed E-state index contributed by atoms with van der Waals surface area (Å²) in [5.41, 5.74) is 1.42. The molecule has 3 aliphatic rings. The van der Waals surface area contributed by atoms with Crippen molar-refractivity contribution in [1.29, 1.82) is 0 Å². The van der Waals surface area contributed by atoms with E-state index in [1.807, 2.05) is 12.4 Å². The molecule has 2 aliphatic heterocycles. The predicted molar refractivity (Wildman–Crippen MR) is 98.7 cm³/mol. The largest absolute Gasteiger partial charge is 0.467 e. The van der Waals surface area contributed by atoms with Crippen LogP contribution >= 0.6 is 0 Å². The molecule has 0 bridgehead atoms. The van der Waals surface area contributed by atoms with Crippen LogP contribution in [0.1, 0.15) is 50.5 Å². The first-order valence-electron chi connectivity index (χ1n) is 10.0. The van der Waals surface area contributed by atoms with E-state index in [1.54, 1.807) is 7.11 Å². The van der Waals surface area contributed by atoms with Crippen molar-refractivity contribution in [2.45, 2.75) is 51.5 Å². The molecular weight excluding hydrogens is 328 g/mol. The first-order valence-corrected chi connectivity index (χ1v) is 10.0. The van der Waals surface area contributed by atoms with Crippen molar-refractivity contribution in [2.24, 2.45) is 11.3 Å². The van der Waals surface area contributed by atoms with E-state index in [1.165, 1.54) is 25.7 Å². The summed E-state index contributed by atoms with van der Waals surface area (Å²) in [7, 11) is 1.59. The number of hydrogen-bond acceptors (Lipinski definition) is 5. The quantitative estimate of drug-likeness (QED) is 0.828. The number of piperidine rings is 1. The molecule has 0 unspecified atom stereocenters. The number of methoxy groups -OCH3 is 1. The number of rotatable bonds is 4. The van der Waals surface area contributed by atoms with Crippen LogP contribution < -0.4 is 4.74 Å². The van der Waals surface area contributed by atoms with Crippen LogP contribution in [-0.4, -0.2) is 59.0 Å². The minimum atomic E-state index is 0.292. The van der Waals surface area contributed by atoms with Crippen LogP contribution in [0.4, 0.5) is 0 Å². The normalized spacial score (nSPS) is 27.3. The monoisotopic (exact) mass is 358 g/mol. The molecule has 4 rings (SSSR count). The molecule has 0 aromatic carbocycles. The lowest BCUT2D eigenvalue weighted by Crippen LogP contribution is -2.45. The maximum Gasteiger partial charge on any atom is 0.316 e.